The first kappa shape index (κ1) is 23.7. The molecule has 2 fully saturated rings. The highest BCUT2D eigenvalue weighted by atomic mass is 32.5. The Balaban J connectivity index is 1.98. The monoisotopic (exact) mass is 422 g/mol. The van der Waals surface area contributed by atoms with Gasteiger partial charge >= 0.3 is 6.72 Å². The molecule has 0 aliphatic carbocycles. The van der Waals surface area contributed by atoms with Crippen molar-refractivity contribution in [3.8, 4) is 0 Å². The van der Waals surface area contributed by atoms with Crippen molar-refractivity contribution in [2.45, 2.75) is 48.6 Å². The molecule has 13 heteroatoms. The van der Waals surface area contributed by atoms with E-state index in [0.29, 0.717) is 0 Å². The van der Waals surface area contributed by atoms with E-state index in [4.69, 9.17) is 65.0 Å². The molecule has 9 nitrogen and oxygen atoms in total. The molecule has 3 unspecified atom stereocenters. The Hall–Kier alpha value is 0.420. The van der Waals surface area contributed by atoms with Crippen molar-refractivity contribution < 1.29 is 42.4 Å². The fraction of sp³-hybridized carbons (Fsp3) is 1.00. The molecule has 2 rings (SSSR count). The Labute approximate surface area is 167 Å². The Morgan fingerprint density at radius 1 is 0.852 bits per heavy atom. The lowest BCUT2D eigenvalue weighted by atomic mass is 9.93. The quantitative estimate of drug-likeness (QED) is 0.352. The summed E-state index contributed by atoms with van der Waals surface area (Å²) in [6.07, 6.45) is -3.47. The van der Waals surface area contributed by atoms with Gasteiger partial charge in [-0.2, -0.15) is 0 Å². The fourth-order valence-corrected chi connectivity index (χ4v) is 4.69. The molecule has 2 saturated heterocycles. The van der Waals surface area contributed by atoms with Crippen LogP contribution in [0.1, 0.15) is 0 Å². The predicted octanol–water partition coefficient (Wildman–Crippen LogP) is -0.917. The normalized spacial score (nSPS) is 41.7. The van der Waals surface area contributed by atoms with Crippen LogP contribution < -0.4 is 0 Å². The fourth-order valence-electron chi connectivity index (χ4n) is 3.25. The lowest BCUT2D eigenvalue weighted by Gasteiger charge is -2.28. The van der Waals surface area contributed by atoms with Gasteiger partial charge in [-0.15, -0.1) is 0 Å². The minimum absolute atomic E-state index is 0.0912. The molecule has 2 heterocycles. The summed E-state index contributed by atoms with van der Waals surface area (Å²) >= 11 is 5.12. The average molecular weight is 422 g/mol. The first-order valence-corrected chi connectivity index (χ1v) is 10.9. The second-order valence-corrected chi connectivity index (χ2v) is 8.96. The summed E-state index contributed by atoms with van der Waals surface area (Å²) < 4.78 is 43.3. The van der Waals surface area contributed by atoms with Gasteiger partial charge in [0.2, 0.25) is 0 Å². The van der Waals surface area contributed by atoms with E-state index < -0.39 is 55.3 Å². The SMILES string of the molecule is [B][C@@H]1O[C@H](COP(O)(=S)O[C@@H]2C(OC)[C@H]([B])O[C@@H]2COC)[C@H](OC)C1OC. The van der Waals surface area contributed by atoms with E-state index in [1.165, 1.54) is 28.4 Å². The molecule has 0 saturated carbocycles. The van der Waals surface area contributed by atoms with Crippen LogP contribution in [0, 0.1) is 0 Å². The van der Waals surface area contributed by atoms with E-state index in [2.05, 4.69) is 0 Å². The van der Waals surface area contributed by atoms with Crippen molar-refractivity contribution in [1.82, 2.24) is 0 Å². The van der Waals surface area contributed by atoms with E-state index in [1.54, 1.807) is 0 Å². The van der Waals surface area contributed by atoms with E-state index >= 15 is 0 Å². The van der Waals surface area contributed by atoms with Gasteiger partial charge < -0.3 is 37.8 Å². The molecule has 152 valence electrons. The van der Waals surface area contributed by atoms with Crippen LogP contribution in [0.15, 0.2) is 0 Å². The third kappa shape index (κ3) is 5.73. The molecule has 27 heavy (non-hydrogen) atoms. The van der Waals surface area contributed by atoms with E-state index in [9.17, 15) is 4.89 Å². The van der Waals surface area contributed by atoms with Gasteiger partial charge in [0.15, 0.2) is 0 Å². The second kappa shape index (κ2) is 10.4. The van der Waals surface area contributed by atoms with Crippen molar-refractivity contribution in [1.29, 1.82) is 0 Å². The van der Waals surface area contributed by atoms with Crippen molar-refractivity contribution in [2.75, 3.05) is 41.7 Å². The van der Waals surface area contributed by atoms with E-state index in [0.717, 1.165) is 0 Å². The lowest BCUT2D eigenvalue weighted by Crippen LogP contribution is -2.39. The summed E-state index contributed by atoms with van der Waals surface area (Å²) in [5.41, 5.74) is 0. The summed E-state index contributed by atoms with van der Waals surface area (Å²) in [6.45, 7) is -3.57. The number of rotatable bonds is 10. The van der Waals surface area contributed by atoms with Gasteiger partial charge in [0.05, 0.1) is 13.2 Å². The maximum atomic E-state index is 10.5. The Kier molecular flexibility index (Phi) is 9.17. The van der Waals surface area contributed by atoms with Crippen LogP contribution in [0.2, 0.25) is 0 Å². The molecule has 9 atom stereocenters. The van der Waals surface area contributed by atoms with E-state index in [-0.39, 0.29) is 13.2 Å². The Bertz CT molecular complexity index is 519. The summed E-state index contributed by atoms with van der Waals surface area (Å²) in [4.78, 5) is 10.5. The maximum absolute atomic E-state index is 10.5. The summed E-state index contributed by atoms with van der Waals surface area (Å²) in [6, 6.07) is -1.43. The Morgan fingerprint density at radius 2 is 1.33 bits per heavy atom. The van der Waals surface area contributed by atoms with Crippen LogP contribution in [0.5, 0.6) is 0 Å². The molecule has 2 aliphatic rings. The molecule has 0 aromatic carbocycles. The van der Waals surface area contributed by atoms with Crippen molar-refractivity contribution in [3.05, 3.63) is 0 Å². The average Bonchev–Trinajstić information content (AvgIpc) is 3.08. The molecule has 2 aliphatic heterocycles. The molecule has 0 amide bonds. The van der Waals surface area contributed by atoms with Crippen LogP contribution in [-0.2, 0) is 49.3 Å². The first-order chi connectivity index (χ1) is 12.8. The zero-order chi connectivity index (χ0) is 20.2. The summed E-state index contributed by atoms with van der Waals surface area (Å²) in [7, 11) is 17.7. The molecule has 1 N–H and O–H groups in total. The number of hydrogen-bond acceptors (Lipinski definition) is 9. The summed E-state index contributed by atoms with van der Waals surface area (Å²) in [5, 5.41) is 0. The van der Waals surface area contributed by atoms with Crippen LogP contribution in [-0.4, -0.2) is 111 Å². The summed E-state index contributed by atoms with van der Waals surface area (Å²) in [5.74, 6) is 0. The van der Waals surface area contributed by atoms with Gasteiger partial charge in [-0.05, 0) is 11.8 Å². The van der Waals surface area contributed by atoms with Gasteiger partial charge in [0.1, 0.15) is 52.3 Å². The molecular weight excluding hydrogens is 397 g/mol. The smallest absolute Gasteiger partial charge is 0.325 e. The maximum Gasteiger partial charge on any atom is 0.325 e. The number of ether oxygens (including phenoxy) is 6. The topological polar surface area (TPSA) is 94.1 Å². The van der Waals surface area contributed by atoms with Crippen molar-refractivity contribution >= 4 is 34.2 Å². The third-order valence-electron chi connectivity index (χ3n) is 4.50. The number of hydrogen-bond donors (Lipinski definition) is 1. The van der Waals surface area contributed by atoms with Crippen LogP contribution in [0.4, 0.5) is 0 Å². The molecule has 0 aromatic rings. The van der Waals surface area contributed by atoms with Gasteiger partial charge in [-0.3, -0.25) is 4.52 Å². The van der Waals surface area contributed by atoms with Gasteiger partial charge in [0.25, 0.3) is 0 Å². The van der Waals surface area contributed by atoms with Gasteiger partial charge in [-0.25, -0.2) is 0 Å². The van der Waals surface area contributed by atoms with Crippen molar-refractivity contribution in [2.24, 2.45) is 0 Å². The third-order valence-corrected chi connectivity index (χ3v) is 6.06. The van der Waals surface area contributed by atoms with Crippen molar-refractivity contribution in [3.63, 3.8) is 0 Å². The largest absolute Gasteiger partial charge is 0.382 e. The Morgan fingerprint density at radius 3 is 1.81 bits per heavy atom. The molecule has 0 bridgehead atoms. The van der Waals surface area contributed by atoms with Crippen LogP contribution in [0.3, 0.4) is 0 Å². The highest BCUT2D eigenvalue weighted by molar-refractivity contribution is 8.07. The van der Waals surface area contributed by atoms with Gasteiger partial charge in [0, 0.05) is 40.4 Å². The molecular formula is C14H25B2O9PS. The van der Waals surface area contributed by atoms with Crippen LogP contribution >= 0.6 is 6.72 Å². The van der Waals surface area contributed by atoms with Crippen LogP contribution in [0.25, 0.3) is 0 Å². The minimum Gasteiger partial charge on any atom is -0.382 e. The highest BCUT2D eigenvalue weighted by Gasteiger charge is 2.47. The van der Waals surface area contributed by atoms with Gasteiger partial charge in [-0.1, -0.05) is 0 Å². The molecule has 0 aromatic heterocycles. The zero-order valence-corrected chi connectivity index (χ0v) is 17.5. The lowest BCUT2D eigenvalue weighted by molar-refractivity contribution is -0.0451. The molecule has 0 spiro atoms. The number of methoxy groups -OCH3 is 4. The second-order valence-electron chi connectivity index (χ2n) is 6.17. The minimum atomic E-state index is -3.67. The predicted molar refractivity (Wildman–Crippen MR) is 100 cm³/mol. The first-order valence-electron chi connectivity index (χ1n) is 8.33. The highest BCUT2D eigenvalue weighted by Crippen LogP contribution is 2.48. The molecule has 4 radical (unpaired) electrons. The van der Waals surface area contributed by atoms with E-state index in [1.807, 2.05) is 0 Å². The zero-order valence-electron chi connectivity index (χ0n) is 15.8. The standard InChI is InChI=1S/C14H25B2O9PS/c1-18-5-7-10(12(21-4)14(16)23-7)25-26(17,27)22-6-8-9(19-2)11(20-3)13(15)24-8/h7-14H,5-6H2,1-4H3,(H,17,27)/t7-,8-,9+,10+,11?,12?,13-,14-,26?/m1/s1.